The summed E-state index contributed by atoms with van der Waals surface area (Å²) in [5.41, 5.74) is 3.25. The molecule has 2 aromatic rings. The number of carbonyl (C=O) groups excluding carboxylic acids is 2. The van der Waals surface area contributed by atoms with Crippen LogP contribution in [0.5, 0.6) is 5.75 Å². The summed E-state index contributed by atoms with van der Waals surface area (Å²) in [6, 6.07) is 14.9. The van der Waals surface area contributed by atoms with E-state index in [0.29, 0.717) is 12.2 Å². The van der Waals surface area contributed by atoms with E-state index < -0.39 is 5.97 Å². The van der Waals surface area contributed by atoms with Crippen LogP contribution in [-0.4, -0.2) is 32.0 Å². The van der Waals surface area contributed by atoms with Crippen LogP contribution in [0, 0.1) is 0 Å². The Balaban J connectivity index is 1.57. The van der Waals surface area contributed by atoms with Crippen molar-refractivity contribution in [1.82, 2.24) is 0 Å². The van der Waals surface area contributed by atoms with Crippen molar-refractivity contribution in [3.63, 3.8) is 0 Å². The highest BCUT2D eigenvalue weighted by molar-refractivity contribution is 5.96. The molecule has 1 heterocycles. The highest BCUT2D eigenvalue weighted by atomic mass is 16.5. The van der Waals surface area contributed by atoms with Crippen molar-refractivity contribution < 1.29 is 19.1 Å². The number of benzene rings is 2. The lowest BCUT2D eigenvalue weighted by molar-refractivity contribution is -0.117. The van der Waals surface area contributed by atoms with Crippen LogP contribution in [0.2, 0.25) is 0 Å². The summed E-state index contributed by atoms with van der Waals surface area (Å²) >= 11 is 0. The fourth-order valence-electron chi connectivity index (χ4n) is 3.90. The van der Waals surface area contributed by atoms with Crippen LogP contribution < -0.4 is 9.64 Å². The minimum absolute atomic E-state index is 0.244. The number of ketones is 1. The van der Waals surface area contributed by atoms with Gasteiger partial charge < -0.3 is 14.4 Å². The number of hydrogen-bond donors (Lipinski definition) is 0. The van der Waals surface area contributed by atoms with Crippen molar-refractivity contribution >= 4 is 17.4 Å². The topological polar surface area (TPSA) is 55.8 Å². The van der Waals surface area contributed by atoms with Gasteiger partial charge in [-0.1, -0.05) is 51.8 Å². The van der Waals surface area contributed by atoms with Crippen molar-refractivity contribution in [3.8, 4) is 5.75 Å². The molecule has 0 unspecified atom stereocenters. The zero-order valence-corrected chi connectivity index (χ0v) is 18.8. The zero-order chi connectivity index (χ0) is 22.4. The Kier molecular flexibility index (Phi) is 7.16. The van der Waals surface area contributed by atoms with Gasteiger partial charge in [-0.3, -0.25) is 4.79 Å². The maximum Gasteiger partial charge on any atom is 0.338 e. The second-order valence-corrected chi connectivity index (χ2v) is 8.35. The van der Waals surface area contributed by atoms with Crippen molar-refractivity contribution in [3.05, 3.63) is 71.4 Å². The van der Waals surface area contributed by atoms with E-state index >= 15 is 0 Å². The Labute approximate surface area is 184 Å². The number of likely N-dealkylation sites (N-methyl/N-ethyl adjacent to an activating group) is 1. The molecule has 0 saturated heterocycles. The number of nitrogens with zero attached hydrogens (tertiary/aromatic N) is 1. The molecule has 5 nitrogen and oxygen atoms in total. The minimum Gasteiger partial charge on any atom is -0.494 e. The van der Waals surface area contributed by atoms with E-state index in [1.807, 2.05) is 30.1 Å². The molecule has 0 amide bonds. The summed E-state index contributed by atoms with van der Waals surface area (Å²) in [5.74, 6) is -0.0434. The Morgan fingerprint density at radius 1 is 1.03 bits per heavy atom. The van der Waals surface area contributed by atoms with Crippen LogP contribution in [-0.2, 0) is 14.9 Å². The van der Waals surface area contributed by atoms with Gasteiger partial charge in [-0.05, 0) is 42.3 Å². The summed E-state index contributed by atoms with van der Waals surface area (Å²) in [7, 11) is 1.95. The van der Waals surface area contributed by atoms with Gasteiger partial charge in [-0.15, -0.1) is 0 Å². The standard InChI is InChI=1S/C26H31NO4/c1-5-6-9-16-30-21-14-12-19(13-15-21)25(29)31-18-20(28)17-24-26(2,3)22-10-7-8-11-23(22)27(24)4/h7-8,10-15,17H,5-6,9,16,18H2,1-4H3/b24-17+. The number of ether oxygens (including phenoxy) is 2. The van der Waals surface area contributed by atoms with E-state index in [9.17, 15) is 9.59 Å². The lowest BCUT2D eigenvalue weighted by Crippen LogP contribution is -2.25. The molecule has 1 aliphatic heterocycles. The third-order valence-electron chi connectivity index (χ3n) is 5.69. The minimum atomic E-state index is -0.522. The van der Waals surface area contributed by atoms with Crippen LogP contribution in [0.15, 0.2) is 60.3 Å². The molecule has 3 rings (SSSR count). The normalized spacial score (nSPS) is 15.6. The number of rotatable bonds is 9. The molecular weight excluding hydrogens is 390 g/mol. The van der Waals surface area contributed by atoms with Gasteiger partial charge in [0.05, 0.1) is 12.2 Å². The van der Waals surface area contributed by atoms with Gasteiger partial charge in [0.2, 0.25) is 0 Å². The first kappa shape index (κ1) is 22.6. The molecule has 164 valence electrons. The number of hydrogen-bond acceptors (Lipinski definition) is 5. The average molecular weight is 422 g/mol. The summed E-state index contributed by atoms with van der Waals surface area (Å²) in [4.78, 5) is 26.9. The maximum absolute atomic E-state index is 12.5. The van der Waals surface area contributed by atoms with Crippen molar-refractivity contribution in [2.45, 2.75) is 45.4 Å². The number of anilines is 1. The molecular formula is C26H31NO4. The fourth-order valence-corrected chi connectivity index (χ4v) is 3.90. The predicted molar refractivity (Wildman–Crippen MR) is 123 cm³/mol. The first-order chi connectivity index (χ1) is 14.8. The number of para-hydroxylation sites is 1. The van der Waals surface area contributed by atoms with E-state index in [0.717, 1.165) is 36.4 Å². The Hall–Kier alpha value is -3.08. The number of esters is 1. The van der Waals surface area contributed by atoms with Crippen molar-refractivity contribution in [2.75, 3.05) is 25.2 Å². The predicted octanol–water partition coefficient (Wildman–Crippen LogP) is 5.29. The summed E-state index contributed by atoms with van der Waals surface area (Å²) in [5, 5.41) is 0. The van der Waals surface area contributed by atoms with E-state index in [2.05, 4.69) is 26.8 Å². The van der Waals surface area contributed by atoms with Crippen LogP contribution in [0.3, 0.4) is 0 Å². The molecule has 0 atom stereocenters. The average Bonchev–Trinajstić information content (AvgIpc) is 2.96. The molecule has 0 spiro atoms. The van der Waals surface area contributed by atoms with Gasteiger partial charge in [-0.25, -0.2) is 4.79 Å². The lowest BCUT2D eigenvalue weighted by Gasteiger charge is -2.23. The maximum atomic E-state index is 12.5. The van der Waals surface area contributed by atoms with Gasteiger partial charge in [0.15, 0.2) is 12.4 Å². The van der Waals surface area contributed by atoms with Crippen molar-refractivity contribution in [2.24, 2.45) is 0 Å². The lowest BCUT2D eigenvalue weighted by atomic mass is 9.83. The number of carbonyl (C=O) groups is 2. The fraction of sp³-hybridized carbons (Fsp3) is 0.385. The Morgan fingerprint density at radius 3 is 2.42 bits per heavy atom. The SMILES string of the molecule is CCCCCOc1ccc(C(=O)OCC(=O)/C=C2/N(C)c3ccccc3C2(C)C)cc1. The van der Waals surface area contributed by atoms with Crippen LogP contribution in [0.4, 0.5) is 5.69 Å². The van der Waals surface area contributed by atoms with E-state index in [-0.39, 0.29) is 17.8 Å². The van der Waals surface area contributed by atoms with Gasteiger partial charge in [0.25, 0.3) is 0 Å². The van der Waals surface area contributed by atoms with Crippen molar-refractivity contribution in [1.29, 1.82) is 0 Å². The molecule has 5 heteroatoms. The number of fused-ring (bicyclic) bond motifs is 1. The molecule has 1 aliphatic rings. The second kappa shape index (κ2) is 9.82. The molecule has 0 radical (unpaired) electrons. The first-order valence-electron chi connectivity index (χ1n) is 10.8. The second-order valence-electron chi connectivity index (χ2n) is 8.35. The third-order valence-corrected chi connectivity index (χ3v) is 5.69. The van der Waals surface area contributed by atoms with Crippen LogP contribution >= 0.6 is 0 Å². The third kappa shape index (κ3) is 5.16. The van der Waals surface area contributed by atoms with Gasteiger partial charge in [0, 0.05) is 29.9 Å². The Bertz CT molecular complexity index is 960. The monoisotopic (exact) mass is 421 g/mol. The van der Waals surface area contributed by atoms with E-state index in [1.54, 1.807) is 30.3 Å². The summed E-state index contributed by atoms with van der Waals surface area (Å²) in [6.07, 6.45) is 4.87. The molecule has 0 aromatic heterocycles. The largest absolute Gasteiger partial charge is 0.494 e. The number of unbranched alkanes of at least 4 members (excludes halogenated alkanes) is 2. The highest BCUT2D eigenvalue weighted by Crippen LogP contribution is 2.46. The first-order valence-corrected chi connectivity index (χ1v) is 10.8. The van der Waals surface area contributed by atoms with Crippen LogP contribution in [0.1, 0.15) is 56.0 Å². The zero-order valence-electron chi connectivity index (χ0n) is 18.8. The summed E-state index contributed by atoms with van der Waals surface area (Å²) < 4.78 is 10.9. The van der Waals surface area contributed by atoms with E-state index in [4.69, 9.17) is 9.47 Å². The highest BCUT2D eigenvalue weighted by Gasteiger charge is 2.38. The molecule has 0 aliphatic carbocycles. The number of allylic oxidation sites excluding steroid dienone is 1. The molecule has 0 N–H and O–H groups in total. The molecule has 31 heavy (non-hydrogen) atoms. The Morgan fingerprint density at radius 2 is 1.74 bits per heavy atom. The van der Waals surface area contributed by atoms with Crippen LogP contribution in [0.25, 0.3) is 0 Å². The molecule has 2 aromatic carbocycles. The van der Waals surface area contributed by atoms with Gasteiger partial charge in [-0.2, -0.15) is 0 Å². The van der Waals surface area contributed by atoms with Gasteiger partial charge >= 0.3 is 5.97 Å². The molecule has 0 saturated carbocycles. The smallest absolute Gasteiger partial charge is 0.338 e. The molecule has 0 fully saturated rings. The summed E-state index contributed by atoms with van der Waals surface area (Å²) in [6.45, 7) is 6.69. The van der Waals surface area contributed by atoms with Gasteiger partial charge in [0.1, 0.15) is 5.75 Å². The van der Waals surface area contributed by atoms with E-state index in [1.165, 1.54) is 5.56 Å². The molecule has 0 bridgehead atoms. The quantitative estimate of drug-likeness (QED) is 0.313.